The van der Waals surface area contributed by atoms with Crippen LogP contribution in [-0.4, -0.2) is 20.4 Å². The maximum absolute atomic E-state index is 12.9. The molecular weight excluding hydrogens is 328 g/mol. The van der Waals surface area contributed by atoms with E-state index in [1.54, 1.807) is 29.2 Å². The maximum Gasteiger partial charge on any atom is 0.258 e. The van der Waals surface area contributed by atoms with E-state index in [0.29, 0.717) is 22.0 Å². The van der Waals surface area contributed by atoms with E-state index >= 15 is 0 Å². The number of aromatic nitrogens is 3. The van der Waals surface area contributed by atoms with Crippen LogP contribution in [-0.2, 0) is 0 Å². The van der Waals surface area contributed by atoms with Gasteiger partial charge in [-0.2, -0.15) is 0 Å². The van der Waals surface area contributed by atoms with Crippen LogP contribution in [0.25, 0.3) is 21.8 Å². The molecule has 0 aliphatic rings. The molecule has 4 rings (SSSR count). The lowest BCUT2D eigenvalue weighted by molar-refractivity contribution is 0.102. The van der Waals surface area contributed by atoms with Gasteiger partial charge in [0.25, 0.3) is 11.5 Å². The summed E-state index contributed by atoms with van der Waals surface area (Å²) in [6.45, 7) is 3.84. The van der Waals surface area contributed by atoms with Gasteiger partial charge in [0.05, 0.1) is 22.9 Å². The summed E-state index contributed by atoms with van der Waals surface area (Å²) in [5, 5.41) is 4.10. The van der Waals surface area contributed by atoms with Gasteiger partial charge in [-0.15, -0.1) is 0 Å². The molecule has 0 aliphatic carbocycles. The first-order valence-corrected chi connectivity index (χ1v) is 8.43. The summed E-state index contributed by atoms with van der Waals surface area (Å²) in [7, 11) is 0. The van der Waals surface area contributed by atoms with Crippen molar-refractivity contribution in [1.82, 2.24) is 14.5 Å². The minimum atomic E-state index is -0.255. The van der Waals surface area contributed by atoms with Gasteiger partial charge in [0, 0.05) is 28.7 Å². The topological polar surface area (TPSA) is 79.8 Å². The number of nitrogens with one attached hydrogen (secondary N) is 2. The quantitative estimate of drug-likeness (QED) is 0.593. The molecule has 0 spiro atoms. The molecule has 6 heteroatoms. The first kappa shape index (κ1) is 16.1. The third-order valence-corrected chi connectivity index (χ3v) is 4.43. The summed E-state index contributed by atoms with van der Waals surface area (Å²) in [5.41, 5.74) is 2.73. The fourth-order valence-corrected chi connectivity index (χ4v) is 3.09. The Balaban J connectivity index is 1.80. The third kappa shape index (κ3) is 2.65. The predicted octanol–water partition coefficient (Wildman–Crippen LogP) is 3.71. The highest BCUT2D eigenvalue weighted by Crippen LogP contribution is 2.20. The van der Waals surface area contributed by atoms with Crippen LogP contribution in [0.4, 0.5) is 5.69 Å². The van der Waals surface area contributed by atoms with Gasteiger partial charge in [-0.05, 0) is 38.1 Å². The number of imidazole rings is 1. The molecule has 1 amide bonds. The SMILES string of the molecule is CC(C)n1cc(C(=O)Nc2ccc3nc[nH]c3c2)c2ccccc2c1=O. The molecule has 4 aromatic rings. The summed E-state index contributed by atoms with van der Waals surface area (Å²) in [6, 6.07) is 12.6. The number of pyridine rings is 1. The molecule has 2 N–H and O–H groups in total. The van der Waals surface area contributed by atoms with Gasteiger partial charge in [0.1, 0.15) is 0 Å². The van der Waals surface area contributed by atoms with Gasteiger partial charge in [-0.25, -0.2) is 4.98 Å². The molecule has 2 aromatic carbocycles. The molecule has 130 valence electrons. The number of anilines is 1. The highest BCUT2D eigenvalue weighted by molar-refractivity contribution is 6.12. The van der Waals surface area contributed by atoms with Gasteiger partial charge in [0.15, 0.2) is 0 Å². The van der Waals surface area contributed by atoms with Gasteiger partial charge >= 0.3 is 0 Å². The monoisotopic (exact) mass is 346 g/mol. The van der Waals surface area contributed by atoms with E-state index in [1.807, 2.05) is 44.2 Å². The molecule has 2 aromatic heterocycles. The number of carbonyl (C=O) groups excluding carboxylic acids is 1. The van der Waals surface area contributed by atoms with Crippen molar-refractivity contribution in [2.24, 2.45) is 0 Å². The van der Waals surface area contributed by atoms with E-state index in [9.17, 15) is 9.59 Å². The molecule has 0 bridgehead atoms. The average molecular weight is 346 g/mol. The molecule has 0 radical (unpaired) electrons. The van der Waals surface area contributed by atoms with E-state index in [0.717, 1.165) is 11.0 Å². The van der Waals surface area contributed by atoms with Crippen molar-refractivity contribution >= 4 is 33.4 Å². The zero-order chi connectivity index (χ0) is 18.3. The summed E-state index contributed by atoms with van der Waals surface area (Å²) in [4.78, 5) is 32.8. The number of hydrogen-bond acceptors (Lipinski definition) is 3. The Hall–Kier alpha value is -3.41. The highest BCUT2D eigenvalue weighted by Gasteiger charge is 2.16. The van der Waals surface area contributed by atoms with Crippen molar-refractivity contribution in [3.63, 3.8) is 0 Å². The van der Waals surface area contributed by atoms with Crippen LogP contribution in [0, 0.1) is 0 Å². The van der Waals surface area contributed by atoms with Crippen LogP contribution < -0.4 is 10.9 Å². The lowest BCUT2D eigenvalue weighted by Gasteiger charge is -2.15. The van der Waals surface area contributed by atoms with Gasteiger partial charge in [0.2, 0.25) is 0 Å². The molecular formula is C20H18N4O2. The summed E-state index contributed by atoms with van der Waals surface area (Å²) in [5.74, 6) is -0.255. The maximum atomic E-state index is 12.9. The largest absolute Gasteiger partial charge is 0.345 e. The summed E-state index contributed by atoms with van der Waals surface area (Å²) in [6.07, 6.45) is 3.25. The van der Waals surface area contributed by atoms with Gasteiger partial charge in [-0.1, -0.05) is 18.2 Å². The van der Waals surface area contributed by atoms with Gasteiger partial charge < -0.3 is 14.9 Å². The fourth-order valence-electron chi connectivity index (χ4n) is 3.09. The standard InChI is InChI=1S/C20H18N4O2/c1-12(2)24-10-16(14-5-3-4-6-15(14)20(24)26)19(25)23-13-7-8-17-18(9-13)22-11-21-17/h3-12H,1-2H3,(H,21,22)(H,23,25). The minimum absolute atomic E-state index is 0.0417. The van der Waals surface area contributed by atoms with Crippen LogP contribution in [0.3, 0.4) is 0 Å². The van der Waals surface area contributed by atoms with Gasteiger partial charge in [-0.3, -0.25) is 9.59 Å². The first-order chi connectivity index (χ1) is 12.5. The molecule has 0 aliphatic heterocycles. The number of amides is 1. The van der Waals surface area contributed by atoms with E-state index in [2.05, 4.69) is 15.3 Å². The normalized spacial score (nSPS) is 11.3. The smallest absolute Gasteiger partial charge is 0.258 e. The average Bonchev–Trinajstić information content (AvgIpc) is 3.09. The number of fused-ring (bicyclic) bond motifs is 2. The van der Waals surface area contributed by atoms with Crippen molar-refractivity contribution in [2.45, 2.75) is 19.9 Å². The predicted molar refractivity (Wildman–Crippen MR) is 103 cm³/mol. The molecule has 2 heterocycles. The van der Waals surface area contributed by atoms with E-state index in [-0.39, 0.29) is 17.5 Å². The van der Waals surface area contributed by atoms with Crippen molar-refractivity contribution in [3.05, 3.63) is 70.9 Å². The van der Waals surface area contributed by atoms with Crippen LogP contribution in [0.2, 0.25) is 0 Å². The second-order valence-electron chi connectivity index (χ2n) is 6.48. The Morgan fingerprint density at radius 1 is 1.15 bits per heavy atom. The van der Waals surface area contributed by atoms with Crippen LogP contribution in [0.1, 0.15) is 30.2 Å². The Morgan fingerprint density at radius 2 is 1.92 bits per heavy atom. The lowest BCUT2D eigenvalue weighted by atomic mass is 10.1. The van der Waals surface area contributed by atoms with E-state index in [1.165, 1.54) is 0 Å². The third-order valence-electron chi connectivity index (χ3n) is 4.43. The van der Waals surface area contributed by atoms with E-state index in [4.69, 9.17) is 0 Å². The summed E-state index contributed by atoms with van der Waals surface area (Å²) >= 11 is 0. The van der Waals surface area contributed by atoms with Crippen LogP contribution >= 0.6 is 0 Å². The molecule has 0 atom stereocenters. The number of carbonyl (C=O) groups is 1. The number of hydrogen-bond donors (Lipinski definition) is 2. The number of rotatable bonds is 3. The number of benzene rings is 2. The first-order valence-electron chi connectivity index (χ1n) is 8.43. The van der Waals surface area contributed by atoms with Crippen molar-refractivity contribution in [1.29, 1.82) is 0 Å². The zero-order valence-electron chi connectivity index (χ0n) is 14.5. The van der Waals surface area contributed by atoms with E-state index < -0.39 is 0 Å². The number of H-pyrrole nitrogens is 1. The van der Waals surface area contributed by atoms with Crippen molar-refractivity contribution in [3.8, 4) is 0 Å². The van der Waals surface area contributed by atoms with Crippen molar-refractivity contribution in [2.75, 3.05) is 5.32 Å². The summed E-state index contributed by atoms with van der Waals surface area (Å²) < 4.78 is 1.59. The Labute approximate surface area is 149 Å². The number of nitrogens with zero attached hydrogens (tertiary/aromatic N) is 2. The molecule has 0 unspecified atom stereocenters. The Morgan fingerprint density at radius 3 is 2.69 bits per heavy atom. The second-order valence-corrected chi connectivity index (χ2v) is 6.48. The van der Waals surface area contributed by atoms with Crippen LogP contribution in [0.15, 0.2) is 59.8 Å². The van der Waals surface area contributed by atoms with Crippen LogP contribution in [0.5, 0.6) is 0 Å². The molecule has 6 nitrogen and oxygen atoms in total. The molecule has 0 saturated carbocycles. The van der Waals surface area contributed by atoms with Crippen molar-refractivity contribution < 1.29 is 4.79 Å². The Kier molecular flexibility index (Phi) is 3.80. The highest BCUT2D eigenvalue weighted by atomic mass is 16.2. The molecule has 0 fully saturated rings. The minimum Gasteiger partial charge on any atom is -0.345 e. The fraction of sp³-hybridized carbons (Fsp3) is 0.150. The molecule has 26 heavy (non-hydrogen) atoms. The zero-order valence-corrected chi connectivity index (χ0v) is 14.5. The molecule has 0 saturated heterocycles. The number of aromatic amines is 1. The lowest BCUT2D eigenvalue weighted by Crippen LogP contribution is -2.25. The second kappa shape index (κ2) is 6.15. The Bertz CT molecular complexity index is 1190.